The van der Waals surface area contributed by atoms with Crippen molar-refractivity contribution in [2.45, 2.75) is 44.2 Å². The lowest BCUT2D eigenvalue weighted by atomic mass is 9.88. The number of benzene rings is 2. The van der Waals surface area contributed by atoms with E-state index in [1.165, 1.54) is 11.3 Å². The molecule has 170 valence electrons. The SMILES string of the molecule is CC1CC(NCCC(c2ccccc2)c2cc(N)nc3[nH]nnc23)CCN1c1ccccc1. The highest BCUT2D eigenvalue weighted by atomic mass is 15.3. The number of aromatic nitrogens is 4. The lowest BCUT2D eigenvalue weighted by Crippen LogP contribution is -2.47. The molecule has 0 spiro atoms. The average Bonchev–Trinajstić information content (AvgIpc) is 3.31. The first-order chi connectivity index (χ1) is 16.2. The van der Waals surface area contributed by atoms with Gasteiger partial charge in [0, 0.05) is 30.2 Å². The summed E-state index contributed by atoms with van der Waals surface area (Å²) in [6.45, 7) is 4.32. The monoisotopic (exact) mass is 441 g/mol. The number of nitrogens with one attached hydrogen (secondary N) is 2. The summed E-state index contributed by atoms with van der Waals surface area (Å²) in [6, 6.07) is 24.3. The summed E-state index contributed by atoms with van der Waals surface area (Å²) in [5, 5.41) is 15.0. The van der Waals surface area contributed by atoms with Gasteiger partial charge in [-0.15, -0.1) is 5.10 Å². The largest absolute Gasteiger partial charge is 0.384 e. The molecule has 2 aromatic heterocycles. The molecular weight excluding hydrogens is 410 g/mol. The number of fused-ring (bicyclic) bond motifs is 1. The molecule has 0 saturated carbocycles. The van der Waals surface area contributed by atoms with Crippen molar-refractivity contribution in [1.29, 1.82) is 0 Å². The van der Waals surface area contributed by atoms with E-state index in [4.69, 9.17) is 5.73 Å². The van der Waals surface area contributed by atoms with Crippen molar-refractivity contribution in [3.63, 3.8) is 0 Å². The van der Waals surface area contributed by atoms with Crippen molar-refractivity contribution in [3.05, 3.63) is 77.9 Å². The molecule has 0 amide bonds. The molecule has 3 unspecified atom stereocenters. The molecule has 4 aromatic rings. The topological polar surface area (TPSA) is 95.7 Å². The van der Waals surface area contributed by atoms with E-state index in [1.54, 1.807) is 0 Å². The Morgan fingerprint density at radius 2 is 1.88 bits per heavy atom. The van der Waals surface area contributed by atoms with Gasteiger partial charge in [0.15, 0.2) is 5.65 Å². The zero-order valence-electron chi connectivity index (χ0n) is 19.0. The fourth-order valence-corrected chi connectivity index (χ4v) is 5.13. The van der Waals surface area contributed by atoms with Crippen molar-refractivity contribution >= 4 is 22.7 Å². The Kier molecular flexibility index (Phi) is 6.21. The van der Waals surface area contributed by atoms with E-state index in [1.807, 2.05) is 12.1 Å². The van der Waals surface area contributed by atoms with Crippen LogP contribution in [0, 0.1) is 0 Å². The number of piperidine rings is 1. The van der Waals surface area contributed by atoms with Crippen LogP contribution in [0.2, 0.25) is 0 Å². The highest BCUT2D eigenvalue weighted by Crippen LogP contribution is 2.32. The molecule has 1 saturated heterocycles. The van der Waals surface area contributed by atoms with Gasteiger partial charge in [0.05, 0.1) is 0 Å². The Balaban J connectivity index is 1.28. The predicted molar refractivity (Wildman–Crippen MR) is 133 cm³/mol. The number of nitrogens with zero attached hydrogens (tertiary/aromatic N) is 4. The second-order valence-electron chi connectivity index (χ2n) is 8.95. The van der Waals surface area contributed by atoms with Gasteiger partial charge >= 0.3 is 0 Å². The van der Waals surface area contributed by atoms with Crippen LogP contribution in [0.15, 0.2) is 66.7 Å². The summed E-state index contributed by atoms with van der Waals surface area (Å²) < 4.78 is 0. The second-order valence-corrected chi connectivity index (χ2v) is 8.95. The summed E-state index contributed by atoms with van der Waals surface area (Å²) >= 11 is 0. The smallest absolute Gasteiger partial charge is 0.178 e. The molecule has 1 aliphatic rings. The number of hydrogen-bond donors (Lipinski definition) is 3. The van der Waals surface area contributed by atoms with Crippen LogP contribution in [0.4, 0.5) is 11.5 Å². The number of H-pyrrole nitrogens is 1. The van der Waals surface area contributed by atoms with Crippen LogP contribution in [0.3, 0.4) is 0 Å². The predicted octanol–water partition coefficient (Wildman–Crippen LogP) is 4.10. The lowest BCUT2D eigenvalue weighted by Gasteiger charge is -2.39. The molecule has 0 aliphatic carbocycles. The third-order valence-electron chi connectivity index (χ3n) is 6.76. The van der Waals surface area contributed by atoms with Gasteiger partial charge in [-0.05, 0) is 62.1 Å². The number of nitrogen functional groups attached to an aromatic ring is 1. The first-order valence-electron chi connectivity index (χ1n) is 11.8. The number of pyridine rings is 1. The maximum Gasteiger partial charge on any atom is 0.178 e. The van der Waals surface area contributed by atoms with Crippen LogP contribution in [0.1, 0.15) is 43.2 Å². The molecule has 1 fully saturated rings. The molecule has 7 heteroatoms. The van der Waals surface area contributed by atoms with Crippen LogP contribution in [0.25, 0.3) is 11.2 Å². The quantitative estimate of drug-likeness (QED) is 0.400. The molecule has 33 heavy (non-hydrogen) atoms. The van der Waals surface area contributed by atoms with E-state index >= 15 is 0 Å². The summed E-state index contributed by atoms with van der Waals surface area (Å²) in [5.74, 6) is 0.651. The minimum absolute atomic E-state index is 0.165. The molecular formula is C26H31N7. The van der Waals surface area contributed by atoms with E-state index in [9.17, 15) is 0 Å². The lowest BCUT2D eigenvalue weighted by molar-refractivity contribution is 0.365. The van der Waals surface area contributed by atoms with Crippen molar-refractivity contribution in [1.82, 2.24) is 25.7 Å². The Morgan fingerprint density at radius 3 is 2.64 bits per heavy atom. The van der Waals surface area contributed by atoms with Crippen LogP contribution in [-0.4, -0.2) is 45.6 Å². The number of para-hydroxylation sites is 1. The van der Waals surface area contributed by atoms with Crippen molar-refractivity contribution in [2.75, 3.05) is 23.7 Å². The molecule has 4 N–H and O–H groups in total. The third kappa shape index (κ3) is 4.68. The van der Waals surface area contributed by atoms with Crippen molar-refractivity contribution in [2.24, 2.45) is 0 Å². The highest BCUT2D eigenvalue weighted by Gasteiger charge is 2.26. The Morgan fingerprint density at radius 1 is 1.12 bits per heavy atom. The number of nitrogens with two attached hydrogens (primary N) is 1. The number of rotatable bonds is 7. The fourth-order valence-electron chi connectivity index (χ4n) is 5.13. The van der Waals surface area contributed by atoms with Crippen molar-refractivity contribution in [3.8, 4) is 0 Å². The van der Waals surface area contributed by atoms with E-state index in [0.717, 1.165) is 43.4 Å². The maximum atomic E-state index is 6.11. The Bertz CT molecular complexity index is 1180. The summed E-state index contributed by atoms with van der Waals surface area (Å²) in [6.07, 6.45) is 3.23. The second kappa shape index (κ2) is 9.58. The summed E-state index contributed by atoms with van der Waals surface area (Å²) in [7, 11) is 0. The Labute approximate surface area is 194 Å². The highest BCUT2D eigenvalue weighted by molar-refractivity contribution is 5.77. The summed E-state index contributed by atoms with van der Waals surface area (Å²) in [4.78, 5) is 6.86. The molecule has 7 nitrogen and oxygen atoms in total. The van der Waals surface area contributed by atoms with Gasteiger partial charge in [-0.25, -0.2) is 10.1 Å². The van der Waals surface area contributed by atoms with Crippen LogP contribution in [0.5, 0.6) is 0 Å². The van der Waals surface area contributed by atoms with Gasteiger partial charge in [0.2, 0.25) is 0 Å². The molecule has 2 aromatic carbocycles. The number of anilines is 2. The number of aromatic amines is 1. The van der Waals surface area contributed by atoms with E-state index in [-0.39, 0.29) is 5.92 Å². The standard InChI is InChI=1S/C26H31N7/c1-18-16-20(13-15-33(18)21-10-6-3-7-11-21)28-14-12-22(19-8-4-2-5-9-19)23-17-24(27)29-26-25(23)30-32-31-26/h2-11,17-18,20,22,28H,12-16H2,1H3,(H3,27,29,30,31,32). The fraction of sp³-hybridized carbons (Fsp3) is 0.346. The molecule has 0 bridgehead atoms. The van der Waals surface area contributed by atoms with E-state index in [2.05, 4.69) is 92.1 Å². The normalized spacial score (nSPS) is 19.6. The minimum Gasteiger partial charge on any atom is -0.384 e. The minimum atomic E-state index is 0.165. The Hall–Kier alpha value is -3.45. The average molecular weight is 442 g/mol. The molecule has 5 rings (SSSR count). The van der Waals surface area contributed by atoms with Gasteiger partial charge in [0.25, 0.3) is 0 Å². The maximum absolute atomic E-state index is 6.11. The van der Waals surface area contributed by atoms with Crippen LogP contribution in [-0.2, 0) is 0 Å². The van der Waals surface area contributed by atoms with Crippen LogP contribution < -0.4 is 16.0 Å². The third-order valence-corrected chi connectivity index (χ3v) is 6.76. The summed E-state index contributed by atoms with van der Waals surface area (Å²) in [5.41, 5.74) is 11.2. The zero-order chi connectivity index (χ0) is 22.6. The van der Waals surface area contributed by atoms with E-state index in [0.29, 0.717) is 23.5 Å². The molecule has 3 heterocycles. The molecule has 0 radical (unpaired) electrons. The molecule has 1 aliphatic heterocycles. The van der Waals surface area contributed by atoms with Crippen LogP contribution >= 0.6 is 0 Å². The first-order valence-corrected chi connectivity index (χ1v) is 11.8. The van der Waals surface area contributed by atoms with Crippen molar-refractivity contribution < 1.29 is 0 Å². The van der Waals surface area contributed by atoms with Gasteiger partial charge in [-0.1, -0.05) is 53.7 Å². The van der Waals surface area contributed by atoms with Gasteiger partial charge in [-0.2, -0.15) is 0 Å². The zero-order valence-corrected chi connectivity index (χ0v) is 19.0. The van der Waals surface area contributed by atoms with Gasteiger partial charge in [0.1, 0.15) is 11.3 Å². The van der Waals surface area contributed by atoms with Gasteiger partial charge in [-0.3, -0.25) is 0 Å². The molecule has 3 atom stereocenters. The number of hydrogen-bond acceptors (Lipinski definition) is 6. The first kappa shape index (κ1) is 21.4. The van der Waals surface area contributed by atoms with Gasteiger partial charge < -0.3 is 16.0 Å². The van der Waals surface area contributed by atoms with E-state index < -0.39 is 0 Å².